The van der Waals surface area contributed by atoms with Crippen molar-refractivity contribution in [2.75, 3.05) is 0 Å². The van der Waals surface area contributed by atoms with Gasteiger partial charge in [-0.3, -0.25) is 5.32 Å². The highest BCUT2D eigenvalue weighted by molar-refractivity contribution is 5.81. The molecule has 0 unspecified atom stereocenters. The molecule has 0 aliphatic rings. The Bertz CT molecular complexity index is 195. The second-order valence-electron chi connectivity index (χ2n) is 3.79. The Morgan fingerprint density at radius 1 is 1.50 bits per heavy atom. The van der Waals surface area contributed by atoms with Crippen molar-refractivity contribution in [2.45, 2.75) is 52.3 Å². The first-order valence-electron chi connectivity index (χ1n) is 5.08. The molecule has 0 fully saturated rings. The third kappa shape index (κ3) is 5.02. The lowest BCUT2D eigenvalue weighted by molar-refractivity contribution is -0.154. The normalized spacial score (nSPS) is 11.5. The van der Waals surface area contributed by atoms with Crippen LogP contribution in [0.3, 0.4) is 0 Å². The van der Waals surface area contributed by atoms with Crippen LogP contribution >= 0.6 is 0 Å². The van der Waals surface area contributed by atoms with Gasteiger partial charge in [0.05, 0.1) is 0 Å². The predicted molar refractivity (Wildman–Crippen MR) is 57.9 cm³/mol. The third-order valence-corrected chi connectivity index (χ3v) is 2.06. The number of carbonyl (C=O) groups is 1. The Kier molecular flexibility index (Phi) is 5.46. The van der Waals surface area contributed by atoms with Crippen LogP contribution in [0.15, 0.2) is 12.7 Å². The first-order chi connectivity index (χ1) is 6.45. The van der Waals surface area contributed by atoms with E-state index in [2.05, 4.69) is 25.7 Å². The highest BCUT2D eigenvalue weighted by Gasteiger charge is 2.23. The molecule has 0 bridgehead atoms. The summed E-state index contributed by atoms with van der Waals surface area (Å²) in [4.78, 5) is 11.0. The van der Waals surface area contributed by atoms with Crippen LogP contribution in [0.5, 0.6) is 0 Å². The second-order valence-corrected chi connectivity index (χ2v) is 3.79. The molecule has 0 aromatic heterocycles. The zero-order valence-corrected chi connectivity index (χ0v) is 9.59. The lowest BCUT2D eigenvalue weighted by Gasteiger charge is -2.30. The minimum atomic E-state index is -0.623. The molecule has 0 aromatic rings. The smallest absolute Gasteiger partial charge is 0.331 e. The summed E-state index contributed by atoms with van der Waals surface area (Å²) in [7, 11) is 0. The molecule has 0 atom stereocenters. The van der Waals surface area contributed by atoms with Crippen LogP contribution in [-0.2, 0) is 9.53 Å². The van der Waals surface area contributed by atoms with Crippen molar-refractivity contribution in [3.05, 3.63) is 12.7 Å². The van der Waals surface area contributed by atoms with Gasteiger partial charge < -0.3 is 4.74 Å². The fraction of sp³-hybridized carbons (Fsp3) is 0.727. The highest BCUT2D eigenvalue weighted by Crippen LogP contribution is 2.09. The number of nitrogens with one attached hydrogen (secondary N) is 1. The van der Waals surface area contributed by atoms with Gasteiger partial charge >= 0.3 is 5.97 Å². The van der Waals surface area contributed by atoms with E-state index in [4.69, 9.17) is 4.74 Å². The lowest BCUT2D eigenvalue weighted by atomic mass is 10.1. The van der Waals surface area contributed by atoms with Crippen molar-refractivity contribution in [1.82, 2.24) is 5.32 Å². The molecule has 0 saturated heterocycles. The zero-order valence-electron chi connectivity index (χ0n) is 9.59. The van der Waals surface area contributed by atoms with Gasteiger partial charge in [-0.2, -0.15) is 0 Å². The number of carbonyl (C=O) groups excluding carboxylic acids is 1. The monoisotopic (exact) mass is 199 g/mol. The van der Waals surface area contributed by atoms with Gasteiger partial charge in [-0.1, -0.05) is 20.4 Å². The maximum atomic E-state index is 11.0. The number of esters is 1. The van der Waals surface area contributed by atoms with Gasteiger partial charge in [0.2, 0.25) is 0 Å². The fourth-order valence-electron chi connectivity index (χ4n) is 1.31. The number of rotatable bonds is 6. The van der Waals surface area contributed by atoms with Crippen LogP contribution in [0, 0.1) is 0 Å². The SMILES string of the molecule is C=CC(=O)OC(C)(C)NC(CC)CC. The average Bonchev–Trinajstić information content (AvgIpc) is 2.13. The minimum absolute atomic E-state index is 0.377. The molecular weight excluding hydrogens is 178 g/mol. The standard InChI is InChI=1S/C11H21NO2/c1-6-9(7-2)12-11(4,5)14-10(13)8-3/h8-9,12H,3,6-7H2,1-2,4-5H3. The molecule has 3 heteroatoms. The second kappa shape index (κ2) is 5.81. The van der Waals surface area contributed by atoms with Gasteiger partial charge in [0.1, 0.15) is 0 Å². The Balaban J connectivity index is 4.17. The zero-order chi connectivity index (χ0) is 11.2. The van der Waals surface area contributed by atoms with E-state index in [9.17, 15) is 4.79 Å². The van der Waals surface area contributed by atoms with Gasteiger partial charge in [-0.05, 0) is 26.7 Å². The molecular formula is C11H21NO2. The summed E-state index contributed by atoms with van der Waals surface area (Å²) in [6.07, 6.45) is 3.22. The summed E-state index contributed by atoms with van der Waals surface area (Å²) in [6, 6.07) is 0.377. The van der Waals surface area contributed by atoms with Crippen LogP contribution in [0.2, 0.25) is 0 Å². The van der Waals surface area contributed by atoms with E-state index in [1.807, 2.05) is 13.8 Å². The van der Waals surface area contributed by atoms with E-state index in [1.165, 1.54) is 6.08 Å². The maximum absolute atomic E-state index is 11.0. The van der Waals surface area contributed by atoms with Crippen molar-refractivity contribution in [1.29, 1.82) is 0 Å². The summed E-state index contributed by atoms with van der Waals surface area (Å²) in [5, 5.41) is 3.27. The molecule has 0 rings (SSSR count). The largest absolute Gasteiger partial charge is 0.441 e. The Morgan fingerprint density at radius 2 is 2.00 bits per heavy atom. The molecule has 0 aliphatic heterocycles. The van der Waals surface area contributed by atoms with Crippen LogP contribution in [0.25, 0.3) is 0 Å². The number of hydrogen-bond donors (Lipinski definition) is 1. The van der Waals surface area contributed by atoms with Crippen molar-refractivity contribution in [2.24, 2.45) is 0 Å². The van der Waals surface area contributed by atoms with Crippen LogP contribution in [0.1, 0.15) is 40.5 Å². The molecule has 14 heavy (non-hydrogen) atoms. The molecule has 0 aromatic carbocycles. The molecule has 0 aliphatic carbocycles. The summed E-state index contributed by atoms with van der Waals surface area (Å²) in [6.45, 7) is 11.2. The van der Waals surface area contributed by atoms with Crippen LogP contribution < -0.4 is 5.32 Å². The van der Waals surface area contributed by atoms with E-state index >= 15 is 0 Å². The predicted octanol–water partition coefficient (Wildman–Crippen LogP) is 2.23. The first-order valence-corrected chi connectivity index (χ1v) is 5.08. The molecule has 1 N–H and O–H groups in total. The molecule has 3 nitrogen and oxygen atoms in total. The van der Waals surface area contributed by atoms with Gasteiger partial charge in [-0.15, -0.1) is 0 Å². The van der Waals surface area contributed by atoms with Crippen molar-refractivity contribution in [3.8, 4) is 0 Å². The van der Waals surface area contributed by atoms with Crippen molar-refractivity contribution >= 4 is 5.97 Å². The van der Waals surface area contributed by atoms with E-state index in [-0.39, 0.29) is 0 Å². The summed E-state index contributed by atoms with van der Waals surface area (Å²) < 4.78 is 5.15. The van der Waals surface area contributed by atoms with E-state index < -0.39 is 11.7 Å². The molecule has 0 spiro atoms. The van der Waals surface area contributed by atoms with Crippen molar-refractivity contribution in [3.63, 3.8) is 0 Å². The molecule has 82 valence electrons. The topological polar surface area (TPSA) is 38.3 Å². The first kappa shape index (κ1) is 13.2. The maximum Gasteiger partial charge on any atom is 0.331 e. The van der Waals surface area contributed by atoms with Gasteiger partial charge in [0.25, 0.3) is 0 Å². The Labute approximate surface area is 86.5 Å². The van der Waals surface area contributed by atoms with Crippen LogP contribution in [-0.4, -0.2) is 17.7 Å². The highest BCUT2D eigenvalue weighted by atomic mass is 16.6. The van der Waals surface area contributed by atoms with Gasteiger partial charge in [0.15, 0.2) is 5.72 Å². The fourth-order valence-corrected chi connectivity index (χ4v) is 1.31. The lowest BCUT2D eigenvalue weighted by Crippen LogP contribution is -2.48. The van der Waals surface area contributed by atoms with E-state index in [0.29, 0.717) is 6.04 Å². The third-order valence-electron chi connectivity index (χ3n) is 2.06. The molecule has 0 amide bonds. The summed E-state index contributed by atoms with van der Waals surface area (Å²) in [5.74, 6) is -0.395. The number of ether oxygens (including phenoxy) is 1. The molecule has 0 heterocycles. The van der Waals surface area contributed by atoms with E-state index in [0.717, 1.165) is 12.8 Å². The summed E-state index contributed by atoms with van der Waals surface area (Å²) in [5.41, 5.74) is -0.623. The molecule has 0 radical (unpaired) electrons. The summed E-state index contributed by atoms with van der Waals surface area (Å²) >= 11 is 0. The van der Waals surface area contributed by atoms with Crippen molar-refractivity contribution < 1.29 is 9.53 Å². The van der Waals surface area contributed by atoms with Gasteiger partial charge in [-0.25, -0.2) is 4.79 Å². The Hall–Kier alpha value is -0.830. The van der Waals surface area contributed by atoms with E-state index in [1.54, 1.807) is 0 Å². The Morgan fingerprint density at radius 3 is 2.36 bits per heavy atom. The number of hydrogen-bond acceptors (Lipinski definition) is 3. The minimum Gasteiger partial charge on any atom is -0.441 e. The average molecular weight is 199 g/mol. The van der Waals surface area contributed by atoms with Crippen LogP contribution in [0.4, 0.5) is 0 Å². The molecule has 0 saturated carbocycles. The quantitative estimate of drug-likeness (QED) is 0.405. The van der Waals surface area contributed by atoms with Gasteiger partial charge in [0, 0.05) is 12.1 Å².